The van der Waals surface area contributed by atoms with Crippen molar-refractivity contribution < 1.29 is 14.6 Å². The highest BCUT2D eigenvalue weighted by Crippen LogP contribution is 2.35. The summed E-state index contributed by atoms with van der Waals surface area (Å²) in [6.07, 6.45) is 1.52. The van der Waals surface area contributed by atoms with Gasteiger partial charge in [-0.25, -0.2) is 5.43 Å². The average Bonchev–Trinajstić information content (AvgIpc) is 2.79. The van der Waals surface area contributed by atoms with Crippen LogP contribution in [0, 0.1) is 0 Å². The Labute approximate surface area is 202 Å². The van der Waals surface area contributed by atoms with Crippen molar-refractivity contribution in [1.29, 1.82) is 0 Å². The van der Waals surface area contributed by atoms with Crippen molar-refractivity contribution in [2.75, 3.05) is 0 Å². The lowest BCUT2D eigenvalue weighted by molar-refractivity contribution is 0.0952. The van der Waals surface area contributed by atoms with Crippen LogP contribution >= 0.6 is 31.9 Å². The number of carbonyl (C=O) groups excluding carboxylic acids is 1. The standard InChI is InChI=1S/C25H18Br2N2O3/c26-21-12-16(14-28-29-25(31)20-10-3-4-11-23(20)30)13-22(27)24(21)32-15-18-8-5-7-17-6-1-2-9-19(17)18/h1-14,30H,15H2,(H,29,31)/b28-14-. The predicted molar refractivity (Wildman–Crippen MR) is 133 cm³/mol. The lowest BCUT2D eigenvalue weighted by Crippen LogP contribution is -2.17. The van der Waals surface area contributed by atoms with E-state index in [1.807, 2.05) is 30.3 Å². The molecule has 0 atom stereocenters. The summed E-state index contributed by atoms with van der Waals surface area (Å²) in [4.78, 5) is 12.1. The minimum Gasteiger partial charge on any atom is -0.507 e. The molecule has 0 aliphatic carbocycles. The van der Waals surface area contributed by atoms with E-state index in [4.69, 9.17) is 4.74 Å². The maximum Gasteiger partial charge on any atom is 0.275 e. The number of amides is 1. The van der Waals surface area contributed by atoms with Crippen LogP contribution in [0.3, 0.4) is 0 Å². The fourth-order valence-electron chi connectivity index (χ4n) is 3.25. The summed E-state index contributed by atoms with van der Waals surface area (Å²) in [5.74, 6) is 0.0826. The zero-order valence-corrected chi connectivity index (χ0v) is 19.9. The number of rotatable bonds is 6. The molecule has 5 nitrogen and oxygen atoms in total. The van der Waals surface area contributed by atoms with Crippen LogP contribution < -0.4 is 10.2 Å². The lowest BCUT2D eigenvalue weighted by atomic mass is 10.1. The third-order valence-corrected chi connectivity index (χ3v) is 5.98. The Morgan fingerprint density at radius 2 is 1.66 bits per heavy atom. The molecule has 0 saturated heterocycles. The van der Waals surface area contributed by atoms with Crippen LogP contribution in [0.4, 0.5) is 0 Å². The van der Waals surface area contributed by atoms with Crippen molar-refractivity contribution in [2.45, 2.75) is 6.61 Å². The van der Waals surface area contributed by atoms with Crippen molar-refractivity contribution in [2.24, 2.45) is 5.10 Å². The maximum absolute atomic E-state index is 12.1. The maximum atomic E-state index is 12.1. The highest BCUT2D eigenvalue weighted by atomic mass is 79.9. The fourth-order valence-corrected chi connectivity index (χ4v) is 4.70. The minimum atomic E-state index is -0.493. The number of para-hydroxylation sites is 1. The van der Waals surface area contributed by atoms with Gasteiger partial charge in [-0.1, -0.05) is 54.6 Å². The van der Waals surface area contributed by atoms with Gasteiger partial charge in [0, 0.05) is 0 Å². The molecule has 0 fully saturated rings. The third-order valence-electron chi connectivity index (χ3n) is 4.80. The Morgan fingerprint density at radius 3 is 2.44 bits per heavy atom. The van der Waals surface area contributed by atoms with E-state index in [-0.39, 0.29) is 11.3 Å². The predicted octanol–water partition coefficient (Wildman–Crippen LogP) is 6.41. The number of nitrogens with zero attached hydrogens (tertiary/aromatic N) is 1. The van der Waals surface area contributed by atoms with Crippen molar-refractivity contribution in [1.82, 2.24) is 5.43 Å². The summed E-state index contributed by atoms with van der Waals surface area (Å²) in [6.45, 7) is 0.419. The van der Waals surface area contributed by atoms with Gasteiger partial charge in [0.25, 0.3) is 5.91 Å². The topological polar surface area (TPSA) is 70.9 Å². The normalized spacial score (nSPS) is 11.1. The van der Waals surface area contributed by atoms with Crippen LogP contribution in [-0.4, -0.2) is 17.2 Å². The van der Waals surface area contributed by atoms with Gasteiger partial charge in [0.05, 0.1) is 20.7 Å². The number of ether oxygens (including phenoxy) is 1. The number of hydrazone groups is 1. The Morgan fingerprint density at radius 1 is 0.969 bits per heavy atom. The quantitative estimate of drug-likeness (QED) is 0.214. The molecular weight excluding hydrogens is 536 g/mol. The molecule has 1 amide bonds. The second-order valence-corrected chi connectivity index (χ2v) is 8.67. The second-order valence-electron chi connectivity index (χ2n) is 6.96. The van der Waals surface area contributed by atoms with Crippen LogP contribution in [0.5, 0.6) is 11.5 Å². The summed E-state index contributed by atoms with van der Waals surface area (Å²) >= 11 is 7.10. The SMILES string of the molecule is O=C(N/N=C\c1cc(Br)c(OCc2cccc3ccccc23)c(Br)c1)c1ccccc1O. The van der Waals surface area contributed by atoms with Crippen molar-refractivity contribution in [3.05, 3.63) is 104 Å². The number of fused-ring (bicyclic) bond motifs is 1. The Hall–Kier alpha value is -3.16. The van der Waals surface area contributed by atoms with E-state index in [0.717, 1.165) is 25.5 Å². The van der Waals surface area contributed by atoms with E-state index in [1.165, 1.54) is 23.7 Å². The lowest BCUT2D eigenvalue weighted by Gasteiger charge is -2.13. The smallest absolute Gasteiger partial charge is 0.275 e. The highest BCUT2D eigenvalue weighted by Gasteiger charge is 2.11. The first-order valence-corrected chi connectivity index (χ1v) is 11.3. The Kier molecular flexibility index (Phi) is 6.87. The van der Waals surface area contributed by atoms with E-state index < -0.39 is 5.91 Å². The van der Waals surface area contributed by atoms with Crippen molar-refractivity contribution in [3.63, 3.8) is 0 Å². The Balaban J connectivity index is 1.45. The van der Waals surface area contributed by atoms with Gasteiger partial charge in [-0.05, 0) is 78.0 Å². The molecule has 2 N–H and O–H groups in total. The summed E-state index contributed by atoms with van der Waals surface area (Å²) in [6, 6.07) is 24.3. The highest BCUT2D eigenvalue weighted by molar-refractivity contribution is 9.11. The van der Waals surface area contributed by atoms with Gasteiger partial charge >= 0.3 is 0 Å². The molecule has 7 heteroatoms. The van der Waals surface area contributed by atoms with Crippen LogP contribution in [0.25, 0.3) is 10.8 Å². The molecule has 0 aromatic heterocycles. The van der Waals surface area contributed by atoms with Crippen LogP contribution in [0.1, 0.15) is 21.5 Å². The molecular formula is C25H18Br2N2O3. The number of hydrogen-bond donors (Lipinski definition) is 2. The minimum absolute atomic E-state index is 0.0987. The van der Waals surface area contributed by atoms with Crippen molar-refractivity contribution >= 4 is 54.8 Å². The third kappa shape index (κ3) is 5.00. The van der Waals surface area contributed by atoms with Gasteiger partial charge in [0.2, 0.25) is 0 Å². The van der Waals surface area contributed by atoms with Gasteiger partial charge in [-0.2, -0.15) is 5.10 Å². The number of phenols is 1. The van der Waals surface area contributed by atoms with E-state index in [9.17, 15) is 9.90 Å². The number of aromatic hydroxyl groups is 1. The molecule has 0 aliphatic rings. The van der Waals surface area contributed by atoms with Crippen LogP contribution in [-0.2, 0) is 6.61 Å². The first kappa shape index (κ1) is 22.0. The Bertz CT molecular complexity index is 1290. The van der Waals surface area contributed by atoms with Gasteiger partial charge in [0.15, 0.2) is 0 Å². The van der Waals surface area contributed by atoms with Gasteiger partial charge in [0.1, 0.15) is 18.1 Å². The number of nitrogens with one attached hydrogen (secondary N) is 1. The van der Waals surface area contributed by atoms with Crippen LogP contribution in [0.15, 0.2) is 92.9 Å². The molecule has 0 aliphatic heterocycles. The molecule has 0 bridgehead atoms. The van der Waals surface area contributed by atoms with E-state index in [1.54, 1.807) is 12.1 Å². The van der Waals surface area contributed by atoms with E-state index >= 15 is 0 Å². The molecule has 0 spiro atoms. The molecule has 160 valence electrons. The zero-order valence-electron chi connectivity index (χ0n) is 16.8. The van der Waals surface area contributed by atoms with E-state index in [0.29, 0.717) is 12.4 Å². The molecule has 32 heavy (non-hydrogen) atoms. The first-order valence-electron chi connectivity index (χ1n) is 9.73. The fraction of sp³-hybridized carbons (Fsp3) is 0.0400. The summed E-state index contributed by atoms with van der Waals surface area (Å²) in [5.41, 5.74) is 4.42. The second kappa shape index (κ2) is 9.97. The number of carbonyl (C=O) groups is 1. The number of benzene rings is 4. The van der Waals surface area contributed by atoms with Crippen molar-refractivity contribution in [3.8, 4) is 11.5 Å². The average molecular weight is 554 g/mol. The largest absolute Gasteiger partial charge is 0.507 e. The number of phenolic OH excluding ortho intramolecular Hbond substituents is 1. The summed E-state index contributed by atoms with van der Waals surface area (Å²) in [5, 5.41) is 16.1. The van der Waals surface area contributed by atoms with Gasteiger partial charge in [-0.15, -0.1) is 0 Å². The van der Waals surface area contributed by atoms with E-state index in [2.05, 4.69) is 66.7 Å². The number of halogens is 2. The molecule has 0 unspecified atom stereocenters. The molecule has 4 rings (SSSR count). The summed E-state index contributed by atoms with van der Waals surface area (Å²) < 4.78 is 7.60. The molecule has 4 aromatic rings. The van der Waals surface area contributed by atoms with Crippen LogP contribution in [0.2, 0.25) is 0 Å². The first-order chi connectivity index (χ1) is 15.5. The zero-order chi connectivity index (χ0) is 22.5. The molecule has 4 aromatic carbocycles. The van der Waals surface area contributed by atoms with Gasteiger partial charge < -0.3 is 9.84 Å². The monoisotopic (exact) mass is 552 g/mol. The van der Waals surface area contributed by atoms with Gasteiger partial charge in [-0.3, -0.25) is 4.79 Å². The summed E-state index contributed by atoms with van der Waals surface area (Å²) in [7, 11) is 0. The molecule has 0 saturated carbocycles. The molecule has 0 heterocycles. The number of hydrogen-bond acceptors (Lipinski definition) is 4. The molecule has 0 radical (unpaired) electrons.